The predicted octanol–water partition coefficient (Wildman–Crippen LogP) is 4.15. The average Bonchev–Trinajstić information content (AvgIpc) is 2.80. The summed E-state index contributed by atoms with van der Waals surface area (Å²) in [5, 5.41) is 3.22. The molecule has 4 rings (SSSR count). The van der Waals surface area contributed by atoms with E-state index >= 15 is 0 Å². The van der Waals surface area contributed by atoms with Crippen LogP contribution in [0.3, 0.4) is 0 Å². The van der Waals surface area contributed by atoms with Gasteiger partial charge >= 0.3 is 11.1 Å². The van der Waals surface area contributed by atoms with Gasteiger partial charge in [0, 0.05) is 12.1 Å². The Morgan fingerprint density at radius 3 is 2.55 bits per heavy atom. The molecule has 0 bridgehead atoms. The summed E-state index contributed by atoms with van der Waals surface area (Å²) in [7, 11) is 0. The minimum atomic E-state index is -0.675. The fraction of sp³-hybridized carbons (Fsp3) is 0.400. The molecule has 0 aliphatic heterocycles. The molecule has 0 spiro atoms. The Balaban J connectivity index is 1.62. The molecule has 6 nitrogen and oxygen atoms in total. The molecule has 1 aliphatic rings. The van der Waals surface area contributed by atoms with E-state index in [1.54, 1.807) is 18.2 Å². The van der Waals surface area contributed by atoms with Gasteiger partial charge in [-0.25, -0.2) is 0 Å². The Bertz CT molecular complexity index is 1170. The summed E-state index contributed by atoms with van der Waals surface area (Å²) in [4.78, 5) is 39.8. The Kier molecular flexibility index (Phi) is 6.35. The molecule has 6 heteroatoms. The lowest BCUT2D eigenvalue weighted by Crippen LogP contribution is -2.36. The van der Waals surface area contributed by atoms with Crippen molar-refractivity contribution in [1.29, 1.82) is 0 Å². The van der Waals surface area contributed by atoms with Crippen LogP contribution in [-0.2, 0) is 6.54 Å². The van der Waals surface area contributed by atoms with Crippen molar-refractivity contribution in [3.63, 3.8) is 0 Å². The van der Waals surface area contributed by atoms with Crippen LogP contribution in [0.2, 0.25) is 0 Å². The largest absolute Gasteiger partial charge is 0.345 e. The summed E-state index contributed by atoms with van der Waals surface area (Å²) in [6.45, 7) is 2.21. The van der Waals surface area contributed by atoms with Crippen LogP contribution >= 0.6 is 0 Å². The molecule has 3 aromatic rings. The number of aromatic nitrogens is 2. The minimum absolute atomic E-state index is 0.0591. The summed E-state index contributed by atoms with van der Waals surface area (Å²) >= 11 is 0. The van der Waals surface area contributed by atoms with Crippen LogP contribution in [0.15, 0.2) is 58.1 Å². The van der Waals surface area contributed by atoms with Crippen LogP contribution in [-0.4, -0.2) is 15.5 Å². The SMILES string of the molecule is CCn1c(=O)c(=O)[nH]c2cc(C(=O)NC(CC3CCCCC3)c3ccccc3)ccc21. The Hall–Kier alpha value is -3.15. The predicted molar refractivity (Wildman–Crippen MR) is 122 cm³/mol. The number of benzene rings is 2. The van der Waals surface area contributed by atoms with Gasteiger partial charge in [-0.15, -0.1) is 0 Å². The zero-order chi connectivity index (χ0) is 21.8. The highest BCUT2D eigenvalue weighted by molar-refractivity contribution is 5.97. The van der Waals surface area contributed by atoms with E-state index < -0.39 is 11.1 Å². The van der Waals surface area contributed by atoms with Crippen molar-refractivity contribution in [1.82, 2.24) is 14.9 Å². The molecule has 1 aromatic heterocycles. The van der Waals surface area contributed by atoms with Gasteiger partial charge in [0.15, 0.2) is 0 Å². The molecular formula is C25H29N3O3. The van der Waals surface area contributed by atoms with E-state index in [1.807, 2.05) is 25.1 Å². The van der Waals surface area contributed by atoms with Gasteiger partial charge in [-0.3, -0.25) is 14.4 Å². The number of nitrogens with zero attached hydrogens (tertiary/aromatic N) is 1. The molecule has 1 amide bonds. The fourth-order valence-corrected chi connectivity index (χ4v) is 4.70. The third-order valence-electron chi connectivity index (χ3n) is 6.35. The molecule has 1 unspecified atom stereocenters. The first-order chi connectivity index (χ1) is 15.1. The van der Waals surface area contributed by atoms with Gasteiger partial charge in [0.05, 0.1) is 17.1 Å². The van der Waals surface area contributed by atoms with E-state index in [1.165, 1.54) is 36.7 Å². The first kappa shape index (κ1) is 21.1. The summed E-state index contributed by atoms with van der Waals surface area (Å²) in [5.41, 5.74) is 1.42. The van der Waals surface area contributed by atoms with Crippen molar-refractivity contribution >= 4 is 16.9 Å². The quantitative estimate of drug-likeness (QED) is 0.589. The summed E-state index contributed by atoms with van der Waals surface area (Å²) in [6, 6.07) is 15.1. The lowest BCUT2D eigenvalue weighted by Gasteiger charge is -2.27. The fourth-order valence-electron chi connectivity index (χ4n) is 4.70. The van der Waals surface area contributed by atoms with E-state index in [9.17, 15) is 14.4 Å². The molecular weight excluding hydrogens is 390 g/mol. The second-order valence-corrected chi connectivity index (χ2v) is 8.41. The molecule has 162 valence electrons. The normalized spacial score (nSPS) is 15.6. The van der Waals surface area contributed by atoms with Crippen molar-refractivity contribution in [3.8, 4) is 0 Å². The number of fused-ring (bicyclic) bond motifs is 1. The first-order valence-corrected chi connectivity index (χ1v) is 11.2. The van der Waals surface area contributed by atoms with E-state index in [4.69, 9.17) is 0 Å². The van der Waals surface area contributed by atoms with Crippen LogP contribution in [0.25, 0.3) is 11.0 Å². The van der Waals surface area contributed by atoms with Gasteiger partial charge in [0.1, 0.15) is 0 Å². The molecule has 2 aromatic carbocycles. The van der Waals surface area contributed by atoms with Crippen molar-refractivity contribution in [2.24, 2.45) is 5.92 Å². The molecule has 1 heterocycles. The smallest absolute Gasteiger partial charge is 0.316 e. The van der Waals surface area contributed by atoms with Gasteiger partial charge in [0.2, 0.25) is 0 Å². The van der Waals surface area contributed by atoms with Crippen LogP contribution in [0.1, 0.15) is 67.4 Å². The highest BCUT2D eigenvalue weighted by Crippen LogP contribution is 2.32. The van der Waals surface area contributed by atoms with Crippen molar-refractivity contribution < 1.29 is 4.79 Å². The zero-order valence-corrected chi connectivity index (χ0v) is 17.9. The summed E-state index contributed by atoms with van der Waals surface area (Å²) in [6.07, 6.45) is 7.18. The van der Waals surface area contributed by atoms with E-state index in [-0.39, 0.29) is 11.9 Å². The monoisotopic (exact) mass is 419 g/mol. The van der Waals surface area contributed by atoms with Crippen LogP contribution in [0.5, 0.6) is 0 Å². The molecule has 2 N–H and O–H groups in total. The lowest BCUT2D eigenvalue weighted by atomic mass is 9.83. The summed E-state index contributed by atoms with van der Waals surface area (Å²) in [5.74, 6) is 0.438. The number of amides is 1. The maximum Gasteiger partial charge on any atom is 0.316 e. The number of rotatable bonds is 6. The van der Waals surface area contributed by atoms with Crippen molar-refractivity contribution in [2.75, 3.05) is 0 Å². The van der Waals surface area contributed by atoms with Crippen LogP contribution in [0, 0.1) is 5.92 Å². The van der Waals surface area contributed by atoms with Gasteiger partial charge < -0.3 is 14.9 Å². The van der Waals surface area contributed by atoms with Gasteiger partial charge in [-0.05, 0) is 43.0 Å². The number of aromatic amines is 1. The van der Waals surface area contributed by atoms with Gasteiger partial charge in [-0.1, -0.05) is 62.4 Å². The lowest BCUT2D eigenvalue weighted by molar-refractivity contribution is 0.0928. The molecule has 0 radical (unpaired) electrons. The number of hydrogen-bond acceptors (Lipinski definition) is 3. The highest BCUT2D eigenvalue weighted by atomic mass is 16.2. The van der Waals surface area contributed by atoms with Crippen LogP contribution in [0.4, 0.5) is 0 Å². The third-order valence-corrected chi connectivity index (χ3v) is 6.35. The molecule has 1 atom stereocenters. The second-order valence-electron chi connectivity index (χ2n) is 8.41. The maximum atomic E-state index is 13.1. The molecule has 0 saturated heterocycles. The van der Waals surface area contributed by atoms with Gasteiger partial charge in [-0.2, -0.15) is 0 Å². The Morgan fingerprint density at radius 2 is 1.84 bits per heavy atom. The zero-order valence-electron chi connectivity index (χ0n) is 17.9. The Labute approximate surface area is 181 Å². The van der Waals surface area contributed by atoms with E-state index in [2.05, 4.69) is 22.4 Å². The number of hydrogen-bond donors (Lipinski definition) is 2. The average molecular weight is 420 g/mol. The van der Waals surface area contributed by atoms with Crippen molar-refractivity contribution in [2.45, 2.75) is 58.0 Å². The van der Waals surface area contributed by atoms with E-state index in [0.717, 1.165) is 12.0 Å². The minimum Gasteiger partial charge on any atom is -0.345 e. The van der Waals surface area contributed by atoms with E-state index in [0.29, 0.717) is 29.1 Å². The third kappa shape index (κ3) is 4.63. The molecule has 1 aliphatic carbocycles. The van der Waals surface area contributed by atoms with Crippen molar-refractivity contribution in [3.05, 3.63) is 80.4 Å². The summed E-state index contributed by atoms with van der Waals surface area (Å²) < 4.78 is 1.42. The topological polar surface area (TPSA) is 84.0 Å². The number of carbonyl (C=O) groups is 1. The number of aryl methyl sites for hydroxylation is 1. The highest BCUT2D eigenvalue weighted by Gasteiger charge is 2.22. The molecule has 1 saturated carbocycles. The maximum absolute atomic E-state index is 13.1. The second kappa shape index (κ2) is 9.33. The van der Waals surface area contributed by atoms with Gasteiger partial charge in [0.25, 0.3) is 5.91 Å². The Morgan fingerprint density at radius 1 is 1.10 bits per heavy atom. The molecule has 31 heavy (non-hydrogen) atoms. The first-order valence-electron chi connectivity index (χ1n) is 11.2. The number of H-pyrrole nitrogens is 1. The van der Waals surface area contributed by atoms with Crippen LogP contribution < -0.4 is 16.4 Å². The number of carbonyl (C=O) groups excluding carboxylic acids is 1. The number of nitrogens with one attached hydrogen (secondary N) is 2. The standard InChI is InChI=1S/C25H29N3O3/c1-2-28-22-14-13-19(16-21(22)27-24(30)25(28)31)23(29)26-20(18-11-7-4-8-12-18)15-17-9-5-3-6-10-17/h4,7-8,11-14,16-17,20H,2-3,5-6,9-10,15H2,1H3,(H,26,29)(H,27,30). The molecule has 1 fully saturated rings.